The van der Waals surface area contributed by atoms with E-state index < -0.39 is 11.3 Å². The van der Waals surface area contributed by atoms with Crippen LogP contribution in [-0.4, -0.2) is 11.3 Å². The maximum Gasteiger partial charge on any atom is 0.373 e. The van der Waals surface area contributed by atoms with Crippen LogP contribution in [-0.2, 0) is 9.90 Å². The summed E-state index contributed by atoms with van der Waals surface area (Å²) in [6, 6.07) is 0. The molecule has 0 saturated heterocycles. The van der Waals surface area contributed by atoms with E-state index in [9.17, 15) is 9.90 Å². The number of carbonyl (C=O) groups is 1. The Bertz CT molecular complexity index is 103. The van der Waals surface area contributed by atoms with Gasteiger partial charge in [-0.05, 0) is 5.92 Å². The first-order valence-corrected chi connectivity index (χ1v) is 3.38. The molecule has 0 N–H and O–H groups in total. The number of halogens is 1. The number of hydrogen-bond donors (Lipinski definition) is 0. The van der Waals surface area contributed by atoms with Gasteiger partial charge in [0.2, 0.25) is 0 Å². The van der Waals surface area contributed by atoms with Crippen molar-refractivity contribution in [3.8, 4) is 0 Å². The van der Waals surface area contributed by atoms with Crippen molar-refractivity contribution in [3.05, 3.63) is 0 Å². The summed E-state index contributed by atoms with van der Waals surface area (Å²) >= 11 is 5.40. The fourth-order valence-electron chi connectivity index (χ4n) is 0.439. The van der Waals surface area contributed by atoms with Gasteiger partial charge in [0.15, 0.2) is 0 Å². The summed E-state index contributed by atoms with van der Waals surface area (Å²) in [4.78, 5) is 10.1. The van der Waals surface area contributed by atoms with E-state index in [1.807, 2.05) is 6.92 Å². The lowest BCUT2D eigenvalue weighted by molar-refractivity contribution is -0.143. The Hall–Kier alpha value is -0.240. The van der Waals surface area contributed by atoms with Crippen LogP contribution in [0.3, 0.4) is 0 Å². The summed E-state index contributed by atoms with van der Waals surface area (Å²) in [6.45, 7) is 3.68. The molecule has 0 aromatic heterocycles. The highest BCUT2D eigenvalue weighted by molar-refractivity contribution is 6.29. The molecule has 0 heterocycles. The molecule has 0 aromatic carbocycles. The molecule has 2 unspecified atom stereocenters. The number of hydrogen-bond acceptors (Lipinski definition) is 1. The third-order valence-electron chi connectivity index (χ3n) is 1.37. The fraction of sp³-hybridized carbons (Fsp3) is 0.833. The molecule has 2 nitrogen and oxygen atoms in total. The van der Waals surface area contributed by atoms with Crippen LogP contribution in [0.4, 0.5) is 0 Å². The standard InChI is InChI=1S/C6H10ClO2/c1-3-4(2)5(7)6(8)9/h4-5H,3H2,1-2H3. The van der Waals surface area contributed by atoms with Gasteiger partial charge in [0.25, 0.3) is 0 Å². The minimum Gasteiger partial charge on any atom is -0.246 e. The Kier molecular flexibility index (Phi) is 3.62. The lowest BCUT2D eigenvalue weighted by Crippen LogP contribution is -2.19. The van der Waals surface area contributed by atoms with Crippen LogP contribution in [0.15, 0.2) is 0 Å². The highest BCUT2D eigenvalue weighted by Crippen LogP contribution is 2.13. The van der Waals surface area contributed by atoms with Crippen molar-refractivity contribution in [2.45, 2.75) is 25.6 Å². The monoisotopic (exact) mass is 149 g/mol. The van der Waals surface area contributed by atoms with Crippen LogP contribution in [0.5, 0.6) is 0 Å². The predicted octanol–water partition coefficient (Wildman–Crippen LogP) is 1.60. The Morgan fingerprint density at radius 3 is 2.22 bits per heavy atom. The first-order valence-electron chi connectivity index (χ1n) is 2.94. The average molecular weight is 150 g/mol. The Morgan fingerprint density at radius 2 is 2.11 bits per heavy atom. The number of rotatable bonds is 3. The van der Waals surface area contributed by atoms with E-state index in [0.29, 0.717) is 0 Å². The fourth-order valence-corrected chi connectivity index (χ4v) is 0.617. The van der Waals surface area contributed by atoms with Crippen molar-refractivity contribution >= 4 is 17.6 Å². The molecule has 2 atom stereocenters. The first-order chi connectivity index (χ1) is 4.09. The minimum atomic E-state index is -1.17. The van der Waals surface area contributed by atoms with E-state index in [1.165, 1.54) is 0 Å². The molecule has 9 heavy (non-hydrogen) atoms. The molecule has 53 valence electrons. The van der Waals surface area contributed by atoms with Crippen molar-refractivity contribution in [1.29, 1.82) is 0 Å². The SMILES string of the molecule is CCC(C)C(Cl)C([O])=O. The van der Waals surface area contributed by atoms with Crippen LogP contribution in [0.25, 0.3) is 0 Å². The van der Waals surface area contributed by atoms with Gasteiger partial charge in [0.05, 0.1) is 0 Å². The second kappa shape index (κ2) is 3.72. The second-order valence-corrected chi connectivity index (χ2v) is 2.58. The molecule has 0 aromatic rings. The molecule has 0 aliphatic carbocycles. The predicted molar refractivity (Wildman–Crippen MR) is 34.8 cm³/mol. The minimum absolute atomic E-state index is 0.00309. The molecule has 1 radical (unpaired) electrons. The largest absolute Gasteiger partial charge is 0.373 e. The van der Waals surface area contributed by atoms with E-state index in [-0.39, 0.29) is 5.92 Å². The summed E-state index contributed by atoms with van der Waals surface area (Å²) in [7, 11) is 0. The lowest BCUT2D eigenvalue weighted by atomic mass is 10.1. The van der Waals surface area contributed by atoms with Crippen molar-refractivity contribution in [1.82, 2.24) is 0 Å². The zero-order valence-electron chi connectivity index (χ0n) is 5.56. The molecule has 0 bridgehead atoms. The number of carbonyl (C=O) groups excluding carboxylic acids is 1. The van der Waals surface area contributed by atoms with E-state index in [2.05, 4.69) is 0 Å². The van der Waals surface area contributed by atoms with Crippen LogP contribution in [0.2, 0.25) is 0 Å². The third kappa shape index (κ3) is 2.70. The van der Waals surface area contributed by atoms with Gasteiger partial charge in [-0.3, -0.25) is 0 Å². The molecule has 0 spiro atoms. The Labute approximate surface area is 59.8 Å². The topological polar surface area (TPSA) is 37.0 Å². The van der Waals surface area contributed by atoms with Crippen molar-refractivity contribution in [2.24, 2.45) is 5.92 Å². The maximum atomic E-state index is 10.1. The summed E-state index contributed by atoms with van der Waals surface area (Å²) in [6.07, 6.45) is 0.766. The summed E-state index contributed by atoms with van der Waals surface area (Å²) in [5, 5.41) is 9.22. The van der Waals surface area contributed by atoms with E-state index >= 15 is 0 Å². The van der Waals surface area contributed by atoms with Crippen LogP contribution < -0.4 is 0 Å². The summed E-state index contributed by atoms with van der Waals surface area (Å²) in [5.41, 5.74) is 0. The van der Waals surface area contributed by atoms with Gasteiger partial charge in [-0.25, -0.2) is 9.90 Å². The average Bonchev–Trinajstić information content (AvgIpc) is 1.84. The van der Waals surface area contributed by atoms with Crippen LogP contribution >= 0.6 is 11.6 Å². The van der Waals surface area contributed by atoms with Gasteiger partial charge in [-0.2, -0.15) is 0 Å². The highest BCUT2D eigenvalue weighted by atomic mass is 35.5. The van der Waals surface area contributed by atoms with Gasteiger partial charge >= 0.3 is 5.97 Å². The van der Waals surface area contributed by atoms with Crippen molar-refractivity contribution in [2.75, 3.05) is 0 Å². The molecule has 0 saturated carbocycles. The molecular weight excluding hydrogens is 140 g/mol. The van der Waals surface area contributed by atoms with Crippen molar-refractivity contribution in [3.63, 3.8) is 0 Å². The zero-order valence-corrected chi connectivity index (χ0v) is 6.31. The Morgan fingerprint density at radius 1 is 1.67 bits per heavy atom. The molecule has 3 heteroatoms. The maximum absolute atomic E-state index is 10.1. The van der Waals surface area contributed by atoms with Crippen LogP contribution in [0.1, 0.15) is 20.3 Å². The van der Waals surface area contributed by atoms with Gasteiger partial charge in [-0.15, -0.1) is 11.6 Å². The smallest absolute Gasteiger partial charge is 0.246 e. The van der Waals surface area contributed by atoms with E-state index in [4.69, 9.17) is 11.6 Å². The van der Waals surface area contributed by atoms with Crippen LogP contribution in [0, 0.1) is 5.92 Å². The second-order valence-electron chi connectivity index (χ2n) is 2.11. The third-order valence-corrected chi connectivity index (χ3v) is 1.98. The van der Waals surface area contributed by atoms with Gasteiger partial charge in [0, 0.05) is 0 Å². The molecular formula is C6H10ClO2. The van der Waals surface area contributed by atoms with Crippen molar-refractivity contribution < 1.29 is 9.90 Å². The molecule has 0 rings (SSSR count). The van der Waals surface area contributed by atoms with Gasteiger partial charge < -0.3 is 0 Å². The van der Waals surface area contributed by atoms with Gasteiger partial charge in [-0.1, -0.05) is 20.3 Å². The highest BCUT2D eigenvalue weighted by Gasteiger charge is 2.21. The lowest BCUT2D eigenvalue weighted by Gasteiger charge is -2.08. The molecule has 0 fully saturated rings. The molecule has 0 aliphatic heterocycles. The van der Waals surface area contributed by atoms with E-state index in [0.717, 1.165) is 6.42 Å². The zero-order chi connectivity index (χ0) is 7.44. The normalized spacial score (nSPS) is 16.8. The van der Waals surface area contributed by atoms with Gasteiger partial charge in [0.1, 0.15) is 5.38 Å². The summed E-state index contributed by atoms with van der Waals surface area (Å²) < 4.78 is 0. The molecule has 0 aliphatic rings. The first kappa shape index (κ1) is 8.76. The quantitative estimate of drug-likeness (QED) is 0.562. The Balaban J connectivity index is 3.72. The molecule has 0 amide bonds. The number of alkyl halides is 1. The van der Waals surface area contributed by atoms with E-state index in [1.54, 1.807) is 6.92 Å². The summed E-state index contributed by atoms with van der Waals surface area (Å²) in [5.74, 6) is -1.18.